The fourth-order valence-corrected chi connectivity index (χ4v) is 4.02. The van der Waals surface area contributed by atoms with Crippen molar-refractivity contribution in [2.45, 2.75) is 38.3 Å². The lowest BCUT2D eigenvalue weighted by Crippen LogP contribution is -2.41. The number of nitrogens with one attached hydrogen (secondary N) is 1. The monoisotopic (exact) mass is 377 g/mol. The van der Waals surface area contributed by atoms with Gasteiger partial charge in [-0.15, -0.1) is 0 Å². The number of esters is 1. The first-order valence-electron chi connectivity index (χ1n) is 9.61. The second kappa shape index (κ2) is 7.84. The van der Waals surface area contributed by atoms with Crippen LogP contribution in [0.2, 0.25) is 0 Å². The van der Waals surface area contributed by atoms with Crippen molar-refractivity contribution in [2.24, 2.45) is 11.7 Å². The van der Waals surface area contributed by atoms with Crippen molar-refractivity contribution in [1.29, 1.82) is 0 Å². The largest absolute Gasteiger partial charge is 0.459 e. The molecule has 1 saturated carbocycles. The molecule has 0 unspecified atom stereocenters. The number of carbonyl (C=O) groups is 2. The number of nitrogens with two attached hydrogens (primary N) is 1. The summed E-state index contributed by atoms with van der Waals surface area (Å²) in [6, 6.07) is 15.6. The highest BCUT2D eigenvalue weighted by atomic mass is 16.5. The van der Waals surface area contributed by atoms with Gasteiger partial charge in [-0.05, 0) is 37.1 Å². The molecular formula is C22H23N3O3. The zero-order valence-corrected chi connectivity index (χ0v) is 15.6. The summed E-state index contributed by atoms with van der Waals surface area (Å²) in [6.07, 6.45) is 2.85. The van der Waals surface area contributed by atoms with Gasteiger partial charge in [-0.3, -0.25) is 4.79 Å². The average Bonchev–Trinajstić information content (AvgIpc) is 2.72. The number of hydrogen-bond donors (Lipinski definition) is 2. The number of carbonyl (C=O) groups excluding carboxylic acids is 2. The Kier molecular flexibility index (Phi) is 5.10. The molecule has 0 bridgehead atoms. The zero-order chi connectivity index (χ0) is 19.5. The van der Waals surface area contributed by atoms with Crippen LogP contribution in [0.1, 0.15) is 31.4 Å². The smallest absolute Gasteiger partial charge is 0.312 e. The van der Waals surface area contributed by atoms with E-state index in [0.29, 0.717) is 12.8 Å². The number of ether oxygens (including phenoxy) is 1. The summed E-state index contributed by atoms with van der Waals surface area (Å²) >= 11 is 0. The number of benzene rings is 2. The van der Waals surface area contributed by atoms with Crippen LogP contribution in [0.5, 0.6) is 0 Å². The molecule has 0 spiro atoms. The summed E-state index contributed by atoms with van der Waals surface area (Å²) in [4.78, 5) is 28.2. The summed E-state index contributed by atoms with van der Waals surface area (Å²) < 4.78 is 5.63. The summed E-state index contributed by atoms with van der Waals surface area (Å²) in [5.74, 6) is -0.339. The molecule has 2 amide bonds. The minimum atomic E-state index is -0.514. The number of aromatic nitrogens is 1. The Bertz CT molecular complexity index is 1030. The highest BCUT2D eigenvalue weighted by Gasteiger charge is 2.28. The predicted molar refractivity (Wildman–Crippen MR) is 108 cm³/mol. The number of primary amides is 1. The topological polar surface area (TPSA) is 94.3 Å². The van der Waals surface area contributed by atoms with Gasteiger partial charge in [0.15, 0.2) is 0 Å². The molecule has 3 aromatic rings. The third kappa shape index (κ3) is 3.76. The molecule has 0 aliphatic heterocycles. The highest BCUT2D eigenvalue weighted by molar-refractivity contribution is 6.06. The van der Waals surface area contributed by atoms with Crippen LogP contribution in [0, 0.1) is 5.92 Å². The van der Waals surface area contributed by atoms with Crippen molar-refractivity contribution in [2.75, 3.05) is 0 Å². The molecule has 0 radical (unpaired) electrons. The number of pyridine rings is 1. The lowest BCUT2D eigenvalue weighted by atomic mass is 9.86. The van der Waals surface area contributed by atoms with Crippen LogP contribution in [0.25, 0.3) is 21.7 Å². The molecule has 2 aromatic carbocycles. The van der Waals surface area contributed by atoms with Gasteiger partial charge < -0.3 is 15.8 Å². The maximum absolute atomic E-state index is 12.5. The van der Waals surface area contributed by atoms with Crippen LogP contribution in [-0.4, -0.2) is 23.0 Å². The molecule has 1 aliphatic rings. The van der Waals surface area contributed by atoms with Gasteiger partial charge in [0.1, 0.15) is 6.61 Å². The summed E-state index contributed by atoms with van der Waals surface area (Å²) in [6.45, 7) is 0.156. The molecule has 0 atom stereocenters. The molecule has 144 valence electrons. The molecule has 1 aromatic heterocycles. The lowest BCUT2D eigenvalue weighted by Gasteiger charge is -2.27. The molecular weight excluding hydrogens is 354 g/mol. The Morgan fingerprint density at radius 1 is 0.964 bits per heavy atom. The van der Waals surface area contributed by atoms with E-state index in [9.17, 15) is 9.59 Å². The first-order chi connectivity index (χ1) is 13.6. The van der Waals surface area contributed by atoms with Gasteiger partial charge in [-0.2, -0.15) is 0 Å². The van der Waals surface area contributed by atoms with Crippen molar-refractivity contribution in [3.63, 3.8) is 0 Å². The van der Waals surface area contributed by atoms with Gasteiger partial charge >= 0.3 is 12.0 Å². The number of amides is 2. The number of urea groups is 1. The maximum Gasteiger partial charge on any atom is 0.312 e. The summed E-state index contributed by atoms with van der Waals surface area (Å²) in [7, 11) is 0. The van der Waals surface area contributed by atoms with Crippen molar-refractivity contribution >= 4 is 33.7 Å². The van der Waals surface area contributed by atoms with E-state index < -0.39 is 6.03 Å². The molecule has 1 aliphatic carbocycles. The van der Waals surface area contributed by atoms with Crippen molar-refractivity contribution in [3.8, 4) is 0 Å². The molecule has 1 fully saturated rings. The van der Waals surface area contributed by atoms with Crippen molar-refractivity contribution in [1.82, 2.24) is 10.3 Å². The van der Waals surface area contributed by atoms with E-state index in [2.05, 4.69) is 17.4 Å². The molecule has 6 heteroatoms. The maximum atomic E-state index is 12.5. The molecule has 3 N–H and O–H groups in total. The Labute approximate surface area is 163 Å². The predicted octanol–water partition coefficient (Wildman–Crippen LogP) is 3.66. The van der Waals surface area contributed by atoms with Crippen LogP contribution in [-0.2, 0) is 16.1 Å². The van der Waals surface area contributed by atoms with E-state index in [0.717, 1.165) is 40.2 Å². The molecule has 28 heavy (non-hydrogen) atoms. The van der Waals surface area contributed by atoms with Crippen LogP contribution >= 0.6 is 0 Å². The number of hydrogen-bond acceptors (Lipinski definition) is 4. The van der Waals surface area contributed by atoms with Gasteiger partial charge in [0.05, 0.1) is 17.1 Å². The number of nitrogens with zero attached hydrogens (tertiary/aromatic N) is 1. The third-order valence-corrected chi connectivity index (χ3v) is 5.45. The normalized spacial score (nSPS) is 19.4. The van der Waals surface area contributed by atoms with E-state index >= 15 is 0 Å². The van der Waals surface area contributed by atoms with E-state index in [4.69, 9.17) is 15.5 Å². The second-order valence-corrected chi connectivity index (χ2v) is 7.29. The second-order valence-electron chi connectivity index (χ2n) is 7.29. The first kappa shape index (κ1) is 18.2. The minimum absolute atomic E-state index is 0.0487. The fourth-order valence-electron chi connectivity index (χ4n) is 4.02. The Morgan fingerprint density at radius 2 is 1.61 bits per heavy atom. The van der Waals surface area contributed by atoms with Crippen LogP contribution < -0.4 is 11.1 Å². The van der Waals surface area contributed by atoms with Gasteiger partial charge in [-0.25, -0.2) is 9.78 Å². The van der Waals surface area contributed by atoms with E-state index in [1.807, 2.05) is 36.4 Å². The number of para-hydroxylation sites is 1. The van der Waals surface area contributed by atoms with Crippen molar-refractivity contribution < 1.29 is 14.3 Å². The van der Waals surface area contributed by atoms with Crippen LogP contribution in [0.3, 0.4) is 0 Å². The third-order valence-electron chi connectivity index (χ3n) is 5.45. The Hall–Kier alpha value is -3.15. The molecule has 1 heterocycles. The summed E-state index contributed by atoms with van der Waals surface area (Å²) in [5.41, 5.74) is 6.83. The first-order valence-corrected chi connectivity index (χ1v) is 9.61. The van der Waals surface area contributed by atoms with E-state index in [1.54, 1.807) is 0 Å². The highest BCUT2D eigenvalue weighted by Crippen LogP contribution is 2.28. The summed E-state index contributed by atoms with van der Waals surface area (Å²) in [5, 5.41) is 5.92. The van der Waals surface area contributed by atoms with Crippen LogP contribution in [0.4, 0.5) is 4.79 Å². The standard InChI is InChI=1S/C22H23N3O3/c23-22(27)24-15-11-9-14(10-12-15)21(26)28-13-20-18-7-2-1-5-16(18)17-6-3-4-8-19(17)25-20/h1-8,14-15H,9-13H2,(H3,23,24,27). The quantitative estimate of drug-likeness (QED) is 0.536. The zero-order valence-electron chi connectivity index (χ0n) is 15.6. The number of rotatable bonds is 4. The van der Waals surface area contributed by atoms with Gasteiger partial charge in [0.2, 0.25) is 0 Å². The van der Waals surface area contributed by atoms with Crippen molar-refractivity contribution in [3.05, 3.63) is 54.2 Å². The molecule has 4 rings (SSSR count). The van der Waals surface area contributed by atoms with Gasteiger partial charge in [0.25, 0.3) is 0 Å². The van der Waals surface area contributed by atoms with Gasteiger partial charge in [-0.1, -0.05) is 42.5 Å². The lowest BCUT2D eigenvalue weighted by molar-refractivity contribution is -0.151. The average molecular weight is 377 g/mol. The Balaban J connectivity index is 1.47. The molecule has 0 saturated heterocycles. The Morgan fingerprint density at radius 3 is 2.32 bits per heavy atom. The number of fused-ring (bicyclic) bond motifs is 3. The SMILES string of the molecule is NC(=O)NC1CCC(C(=O)OCc2nc3ccccc3c3ccccc23)CC1. The van der Waals surface area contributed by atoms with E-state index in [-0.39, 0.29) is 24.5 Å². The minimum Gasteiger partial charge on any atom is -0.459 e. The fraction of sp³-hybridized carbons (Fsp3) is 0.318. The van der Waals surface area contributed by atoms with Crippen LogP contribution in [0.15, 0.2) is 48.5 Å². The molecule has 6 nitrogen and oxygen atoms in total. The van der Waals surface area contributed by atoms with Gasteiger partial charge in [0, 0.05) is 16.8 Å². The van der Waals surface area contributed by atoms with E-state index in [1.165, 1.54) is 0 Å².